The molecule has 1 aliphatic rings. The highest BCUT2D eigenvalue weighted by atomic mass is 32.1. The van der Waals surface area contributed by atoms with Gasteiger partial charge < -0.3 is 10.6 Å². The van der Waals surface area contributed by atoms with Crippen molar-refractivity contribution >= 4 is 23.2 Å². The molecule has 2 atom stereocenters. The van der Waals surface area contributed by atoms with Crippen molar-refractivity contribution in [3.63, 3.8) is 0 Å². The lowest BCUT2D eigenvalue weighted by Crippen LogP contribution is -2.37. The number of hydrogen-bond donors (Lipinski definition) is 2. The second kappa shape index (κ2) is 6.39. The lowest BCUT2D eigenvalue weighted by atomic mass is 10.2. The minimum atomic E-state index is -0.0133. The summed E-state index contributed by atoms with van der Waals surface area (Å²) < 4.78 is 0. The number of aryl methyl sites for hydroxylation is 1. The van der Waals surface area contributed by atoms with Gasteiger partial charge in [-0.15, -0.1) is 11.3 Å². The Balaban J connectivity index is 1.66. The second-order valence-corrected chi connectivity index (χ2v) is 6.95. The first kappa shape index (κ1) is 15.0. The van der Waals surface area contributed by atoms with Gasteiger partial charge in [-0.05, 0) is 25.5 Å². The van der Waals surface area contributed by atoms with E-state index in [0.29, 0.717) is 19.0 Å². The summed E-state index contributed by atoms with van der Waals surface area (Å²) in [4.78, 5) is 25.9. The Labute approximate surface area is 124 Å². The molecule has 0 radical (unpaired) electrons. The van der Waals surface area contributed by atoms with Crippen LogP contribution >= 0.6 is 11.3 Å². The number of rotatable bonds is 6. The first-order valence-corrected chi connectivity index (χ1v) is 7.92. The first-order valence-electron chi connectivity index (χ1n) is 7.10. The Morgan fingerprint density at radius 1 is 1.30 bits per heavy atom. The lowest BCUT2D eigenvalue weighted by molar-refractivity contribution is -0.125. The number of thiophene rings is 1. The summed E-state index contributed by atoms with van der Waals surface area (Å²) in [7, 11) is 0. The molecule has 4 nitrogen and oxygen atoms in total. The molecule has 1 aliphatic carbocycles. The first-order chi connectivity index (χ1) is 9.49. The summed E-state index contributed by atoms with van der Waals surface area (Å²) in [5, 5.41) is 5.69. The average molecular weight is 294 g/mol. The van der Waals surface area contributed by atoms with Gasteiger partial charge in [0.1, 0.15) is 0 Å². The van der Waals surface area contributed by atoms with Gasteiger partial charge in [-0.3, -0.25) is 9.59 Å². The van der Waals surface area contributed by atoms with E-state index in [0.717, 1.165) is 6.42 Å². The Morgan fingerprint density at radius 2 is 2.00 bits per heavy atom. The van der Waals surface area contributed by atoms with E-state index >= 15 is 0 Å². The van der Waals surface area contributed by atoms with Crippen LogP contribution in [0, 0.1) is 18.8 Å². The molecule has 0 bridgehead atoms. The summed E-state index contributed by atoms with van der Waals surface area (Å²) in [6.07, 6.45) is 0.949. The minimum Gasteiger partial charge on any atom is -0.354 e. The lowest BCUT2D eigenvalue weighted by Gasteiger charge is -2.08. The Hall–Kier alpha value is -1.36. The van der Waals surface area contributed by atoms with Crippen molar-refractivity contribution in [3.05, 3.63) is 21.9 Å². The fourth-order valence-electron chi connectivity index (χ4n) is 2.16. The van der Waals surface area contributed by atoms with E-state index in [1.807, 2.05) is 13.8 Å². The molecule has 0 spiro atoms. The summed E-state index contributed by atoms with van der Waals surface area (Å²) in [5.74, 6) is 0.644. The molecule has 5 heteroatoms. The fraction of sp³-hybridized carbons (Fsp3) is 0.600. The standard InChI is InChI=1S/C15H22N2O2S/c1-9(2)14(18)16-6-7-17-15(19)12-8-11(12)13-5-4-10(3)20-13/h4-5,9,11-12H,6-8H2,1-3H3,(H,16,18)(H,17,19)/t11-,12+/m1/s1. The number of amides is 2. The summed E-state index contributed by atoms with van der Waals surface area (Å²) in [5.41, 5.74) is 0. The zero-order valence-electron chi connectivity index (χ0n) is 12.2. The molecule has 1 aromatic rings. The normalized spacial score (nSPS) is 20.8. The van der Waals surface area contributed by atoms with Gasteiger partial charge in [-0.2, -0.15) is 0 Å². The molecule has 0 unspecified atom stereocenters. The molecule has 2 rings (SSSR count). The topological polar surface area (TPSA) is 58.2 Å². The van der Waals surface area contributed by atoms with Crippen molar-refractivity contribution in [3.8, 4) is 0 Å². The van der Waals surface area contributed by atoms with Crippen LogP contribution in [0.3, 0.4) is 0 Å². The van der Waals surface area contributed by atoms with Crippen LogP contribution in [-0.4, -0.2) is 24.9 Å². The van der Waals surface area contributed by atoms with Crippen LogP contribution in [0.15, 0.2) is 12.1 Å². The van der Waals surface area contributed by atoms with E-state index in [9.17, 15) is 9.59 Å². The van der Waals surface area contributed by atoms with Crippen molar-refractivity contribution < 1.29 is 9.59 Å². The van der Waals surface area contributed by atoms with E-state index in [1.165, 1.54) is 9.75 Å². The van der Waals surface area contributed by atoms with E-state index in [4.69, 9.17) is 0 Å². The van der Waals surface area contributed by atoms with Crippen LogP contribution in [0.2, 0.25) is 0 Å². The summed E-state index contributed by atoms with van der Waals surface area (Å²) >= 11 is 1.78. The van der Waals surface area contributed by atoms with Crippen LogP contribution in [0.1, 0.15) is 35.9 Å². The van der Waals surface area contributed by atoms with Crippen molar-refractivity contribution in [2.75, 3.05) is 13.1 Å². The quantitative estimate of drug-likeness (QED) is 0.789. The molecule has 20 heavy (non-hydrogen) atoms. The monoisotopic (exact) mass is 294 g/mol. The van der Waals surface area contributed by atoms with Gasteiger partial charge >= 0.3 is 0 Å². The molecular formula is C15H22N2O2S. The van der Waals surface area contributed by atoms with E-state index in [2.05, 4.69) is 29.7 Å². The molecule has 2 amide bonds. The molecule has 110 valence electrons. The zero-order valence-corrected chi connectivity index (χ0v) is 13.0. The summed E-state index contributed by atoms with van der Waals surface area (Å²) in [6.45, 7) is 6.79. The van der Waals surface area contributed by atoms with Gasteiger partial charge in [0.2, 0.25) is 11.8 Å². The van der Waals surface area contributed by atoms with Crippen molar-refractivity contribution in [2.24, 2.45) is 11.8 Å². The molecule has 1 saturated carbocycles. The largest absolute Gasteiger partial charge is 0.354 e. The number of carbonyl (C=O) groups is 2. The van der Waals surface area contributed by atoms with Crippen molar-refractivity contribution in [1.82, 2.24) is 10.6 Å². The molecule has 0 saturated heterocycles. The third-order valence-electron chi connectivity index (χ3n) is 3.50. The molecule has 2 N–H and O–H groups in total. The molecule has 1 heterocycles. The number of nitrogens with one attached hydrogen (secondary N) is 2. The average Bonchev–Trinajstić information content (AvgIpc) is 3.09. The molecule has 0 aromatic carbocycles. The predicted octanol–water partition coefficient (Wildman–Crippen LogP) is 2.05. The number of hydrogen-bond acceptors (Lipinski definition) is 3. The van der Waals surface area contributed by atoms with Crippen LogP contribution in [0.25, 0.3) is 0 Å². The highest BCUT2D eigenvalue weighted by Crippen LogP contribution is 2.49. The van der Waals surface area contributed by atoms with Gasteiger partial charge in [0, 0.05) is 40.6 Å². The SMILES string of the molecule is Cc1ccc([C@@H]2C[C@@H]2C(=O)NCCNC(=O)C(C)C)s1. The molecule has 1 fully saturated rings. The third kappa shape index (κ3) is 3.82. The van der Waals surface area contributed by atoms with Crippen molar-refractivity contribution in [2.45, 2.75) is 33.1 Å². The Kier molecular flexibility index (Phi) is 4.81. The molecule has 1 aromatic heterocycles. The zero-order chi connectivity index (χ0) is 14.7. The van der Waals surface area contributed by atoms with Crippen LogP contribution < -0.4 is 10.6 Å². The fourth-order valence-corrected chi connectivity index (χ4v) is 3.21. The second-order valence-electron chi connectivity index (χ2n) is 5.63. The van der Waals surface area contributed by atoms with Gasteiger partial charge in [0.25, 0.3) is 0 Å². The van der Waals surface area contributed by atoms with Gasteiger partial charge in [-0.25, -0.2) is 0 Å². The maximum absolute atomic E-state index is 12.0. The smallest absolute Gasteiger partial charge is 0.223 e. The molecular weight excluding hydrogens is 272 g/mol. The third-order valence-corrected chi connectivity index (χ3v) is 4.63. The maximum Gasteiger partial charge on any atom is 0.223 e. The van der Waals surface area contributed by atoms with E-state index in [-0.39, 0.29) is 23.7 Å². The van der Waals surface area contributed by atoms with Gasteiger partial charge in [0.05, 0.1) is 0 Å². The number of carbonyl (C=O) groups excluding carboxylic acids is 2. The van der Waals surface area contributed by atoms with Crippen molar-refractivity contribution in [1.29, 1.82) is 0 Å². The van der Waals surface area contributed by atoms with Crippen LogP contribution in [-0.2, 0) is 9.59 Å². The predicted molar refractivity (Wildman–Crippen MR) is 80.8 cm³/mol. The minimum absolute atomic E-state index is 0.0133. The summed E-state index contributed by atoms with van der Waals surface area (Å²) in [6, 6.07) is 4.23. The van der Waals surface area contributed by atoms with E-state index in [1.54, 1.807) is 11.3 Å². The van der Waals surface area contributed by atoms with E-state index < -0.39 is 0 Å². The Bertz CT molecular complexity index is 496. The van der Waals surface area contributed by atoms with Gasteiger partial charge in [-0.1, -0.05) is 13.8 Å². The van der Waals surface area contributed by atoms with Crippen LogP contribution in [0.4, 0.5) is 0 Å². The molecule has 0 aliphatic heterocycles. The highest BCUT2D eigenvalue weighted by Gasteiger charge is 2.44. The van der Waals surface area contributed by atoms with Crippen LogP contribution in [0.5, 0.6) is 0 Å². The maximum atomic E-state index is 12.0. The Morgan fingerprint density at radius 3 is 2.60 bits per heavy atom. The van der Waals surface area contributed by atoms with Gasteiger partial charge in [0.15, 0.2) is 0 Å². The highest BCUT2D eigenvalue weighted by molar-refractivity contribution is 7.12.